The molecule has 0 aliphatic heterocycles. The normalized spacial score (nSPS) is 43.7. The molecule has 3 aliphatic carbocycles. The molecule has 18 heavy (non-hydrogen) atoms. The van der Waals surface area contributed by atoms with Gasteiger partial charge in [-0.15, -0.1) is 0 Å². The van der Waals surface area contributed by atoms with Crippen LogP contribution in [0.4, 0.5) is 0 Å². The predicted octanol–water partition coefficient (Wildman–Crippen LogP) is 1.61. The lowest BCUT2D eigenvalue weighted by molar-refractivity contribution is 0.147. The van der Waals surface area contributed by atoms with Gasteiger partial charge in [-0.2, -0.15) is 0 Å². The third kappa shape index (κ3) is 2.73. The molecule has 0 spiro atoms. The highest BCUT2D eigenvalue weighted by Crippen LogP contribution is 2.40. The second kappa shape index (κ2) is 4.77. The van der Waals surface area contributed by atoms with E-state index in [1.165, 1.54) is 32.2 Å². The van der Waals surface area contributed by atoms with Crippen molar-refractivity contribution in [1.29, 1.82) is 0 Å². The van der Waals surface area contributed by atoms with E-state index in [0.29, 0.717) is 18.7 Å². The van der Waals surface area contributed by atoms with Crippen molar-refractivity contribution < 1.29 is 5.11 Å². The maximum absolute atomic E-state index is 9.75. The summed E-state index contributed by atoms with van der Waals surface area (Å²) in [5, 5.41) is 13.4. The van der Waals surface area contributed by atoms with Crippen LogP contribution in [0.25, 0.3) is 0 Å². The van der Waals surface area contributed by atoms with Gasteiger partial charge in [0, 0.05) is 24.2 Å². The third-order valence-electron chi connectivity index (χ3n) is 5.39. The third-order valence-corrected chi connectivity index (χ3v) is 5.39. The van der Waals surface area contributed by atoms with Crippen LogP contribution in [0, 0.1) is 11.8 Å². The van der Waals surface area contributed by atoms with E-state index in [2.05, 4.69) is 24.2 Å². The number of hydrogen-bond donors (Lipinski definition) is 2. The molecule has 3 nitrogen and oxygen atoms in total. The Balaban J connectivity index is 1.52. The Labute approximate surface area is 111 Å². The molecule has 0 amide bonds. The van der Waals surface area contributed by atoms with Gasteiger partial charge in [0.05, 0.1) is 6.61 Å². The average molecular weight is 252 g/mol. The van der Waals surface area contributed by atoms with E-state index in [1.807, 2.05) is 0 Å². The fourth-order valence-corrected chi connectivity index (χ4v) is 3.63. The summed E-state index contributed by atoms with van der Waals surface area (Å²) in [5.41, 5.74) is 0.0370. The van der Waals surface area contributed by atoms with E-state index in [1.54, 1.807) is 0 Å². The topological polar surface area (TPSA) is 35.5 Å². The number of nitrogens with one attached hydrogen (secondary N) is 1. The van der Waals surface area contributed by atoms with Gasteiger partial charge in [0.25, 0.3) is 0 Å². The molecule has 2 N–H and O–H groups in total. The van der Waals surface area contributed by atoms with Crippen LogP contribution in [0.15, 0.2) is 0 Å². The molecule has 3 saturated carbocycles. The lowest BCUT2D eigenvalue weighted by Crippen LogP contribution is -2.48. The highest BCUT2D eigenvalue weighted by atomic mass is 16.3. The Morgan fingerprint density at radius 3 is 2.61 bits per heavy atom. The van der Waals surface area contributed by atoms with Crippen molar-refractivity contribution in [1.82, 2.24) is 10.2 Å². The van der Waals surface area contributed by atoms with Crippen LogP contribution in [0.1, 0.15) is 45.4 Å². The Bertz CT molecular complexity index is 305. The van der Waals surface area contributed by atoms with Gasteiger partial charge < -0.3 is 15.3 Å². The molecule has 3 fully saturated rings. The predicted molar refractivity (Wildman–Crippen MR) is 73.5 cm³/mol. The van der Waals surface area contributed by atoms with Crippen molar-refractivity contribution >= 4 is 0 Å². The first-order valence-electron chi connectivity index (χ1n) is 7.71. The van der Waals surface area contributed by atoms with Crippen LogP contribution in [0.3, 0.4) is 0 Å². The highest BCUT2D eigenvalue weighted by Gasteiger charge is 2.44. The number of nitrogens with zero attached hydrogens (tertiary/aromatic N) is 1. The maximum atomic E-state index is 9.75. The first kappa shape index (κ1) is 12.9. The molecule has 0 bridgehead atoms. The largest absolute Gasteiger partial charge is 0.394 e. The Hall–Kier alpha value is -0.120. The van der Waals surface area contributed by atoms with Gasteiger partial charge in [-0.3, -0.25) is 0 Å². The summed E-state index contributed by atoms with van der Waals surface area (Å²) in [6, 6.07) is 1.38. The van der Waals surface area contributed by atoms with Crippen molar-refractivity contribution in [3.63, 3.8) is 0 Å². The van der Waals surface area contributed by atoms with Crippen LogP contribution < -0.4 is 5.32 Å². The minimum Gasteiger partial charge on any atom is -0.394 e. The summed E-state index contributed by atoms with van der Waals surface area (Å²) in [6.07, 6.45) is 7.57. The number of hydrogen-bond acceptors (Lipinski definition) is 3. The molecule has 0 aromatic carbocycles. The van der Waals surface area contributed by atoms with E-state index >= 15 is 0 Å². The minimum absolute atomic E-state index is 0.0370. The van der Waals surface area contributed by atoms with Crippen LogP contribution in [0.2, 0.25) is 0 Å². The van der Waals surface area contributed by atoms with E-state index in [0.717, 1.165) is 24.7 Å². The SMILES string of the molecule is CC1CC1CN(C)C1CCC(CO)(NC2CC2)C1. The van der Waals surface area contributed by atoms with Gasteiger partial charge in [0.2, 0.25) is 0 Å². The second-order valence-electron chi connectivity index (χ2n) is 7.17. The quantitative estimate of drug-likeness (QED) is 0.754. The summed E-state index contributed by atoms with van der Waals surface area (Å²) in [7, 11) is 2.28. The summed E-state index contributed by atoms with van der Waals surface area (Å²) in [4.78, 5) is 2.56. The maximum Gasteiger partial charge on any atom is 0.0614 e. The molecule has 0 aromatic rings. The Morgan fingerprint density at radius 1 is 1.33 bits per heavy atom. The first-order valence-corrected chi connectivity index (χ1v) is 7.71. The van der Waals surface area contributed by atoms with Crippen LogP contribution in [0.5, 0.6) is 0 Å². The van der Waals surface area contributed by atoms with Gasteiger partial charge in [-0.25, -0.2) is 0 Å². The monoisotopic (exact) mass is 252 g/mol. The summed E-state index contributed by atoms with van der Waals surface area (Å²) in [6.45, 7) is 3.93. The summed E-state index contributed by atoms with van der Waals surface area (Å²) < 4.78 is 0. The summed E-state index contributed by atoms with van der Waals surface area (Å²) >= 11 is 0. The highest BCUT2D eigenvalue weighted by molar-refractivity contribution is 5.03. The number of aliphatic hydroxyl groups is 1. The van der Waals surface area contributed by atoms with Crippen molar-refractivity contribution in [3.05, 3.63) is 0 Å². The fraction of sp³-hybridized carbons (Fsp3) is 1.00. The van der Waals surface area contributed by atoms with Crippen molar-refractivity contribution in [2.24, 2.45) is 11.8 Å². The number of rotatable bonds is 6. The Morgan fingerprint density at radius 2 is 2.06 bits per heavy atom. The molecule has 0 heterocycles. The molecule has 3 aliphatic rings. The lowest BCUT2D eigenvalue weighted by Gasteiger charge is -2.31. The van der Waals surface area contributed by atoms with Gasteiger partial charge in [-0.05, 0) is 57.4 Å². The first-order chi connectivity index (χ1) is 8.62. The van der Waals surface area contributed by atoms with E-state index in [4.69, 9.17) is 0 Å². The zero-order valence-corrected chi connectivity index (χ0v) is 11.9. The molecule has 0 saturated heterocycles. The summed E-state index contributed by atoms with van der Waals surface area (Å²) in [5.74, 6) is 1.89. The van der Waals surface area contributed by atoms with Crippen molar-refractivity contribution in [2.75, 3.05) is 20.2 Å². The lowest BCUT2D eigenvalue weighted by atomic mass is 9.98. The fourth-order valence-electron chi connectivity index (χ4n) is 3.63. The van der Waals surface area contributed by atoms with E-state index in [9.17, 15) is 5.11 Å². The number of aliphatic hydroxyl groups excluding tert-OH is 1. The Kier molecular flexibility index (Phi) is 3.41. The molecule has 4 atom stereocenters. The molecule has 4 unspecified atom stereocenters. The molecular formula is C15H28N2O. The molecule has 104 valence electrons. The smallest absolute Gasteiger partial charge is 0.0614 e. The van der Waals surface area contributed by atoms with Gasteiger partial charge in [0.15, 0.2) is 0 Å². The standard InChI is InChI=1S/C15H28N2O/c1-11-7-12(11)9-17(2)14-5-6-15(8-14,10-18)16-13-3-4-13/h11-14,16,18H,3-10H2,1-2H3. The van der Waals surface area contributed by atoms with Gasteiger partial charge >= 0.3 is 0 Å². The molecule has 0 aromatic heterocycles. The molecule has 3 heteroatoms. The van der Waals surface area contributed by atoms with Gasteiger partial charge in [-0.1, -0.05) is 6.92 Å². The van der Waals surface area contributed by atoms with Crippen LogP contribution in [-0.2, 0) is 0 Å². The van der Waals surface area contributed by atoms with Crippen molar-refractivity contribution in [3.8, 4) is 0 Å². The average Bonchev–Trinajstić information content (AvgIpc) is 3.23. The zero-order valence-electron chi connectivity index (χ0n) is 11.9. The zero-order chi connectivity index (χ0) is 12.8. The minimum atomic E-state index is 0.0370. The van der Waals surface area contributed by atoms with Gasteiger partial charge in [0.1, 0.15) is 0 Å². The van der Waals surface area contributed by atoms with Crippen LogP contribution >= 0.6 is 0 Å². The van der Waals surface area contributed by atoms with Crippen LogP contribution in [-0.4, -0.2) is 47.8 Å². The van der Waals surface area contributed by atoms with Crippen molar-refractivity contribution in [2.45, 2.75) is 63.1 Å². The van der Waals surface area contributed by atoms with E-state index in [-0.39, 0.29) is 5.54 Å². The van der Waals surface area contributed by atoms with E-state index < -0.39 is 0 Å². The molecule has 3 rings (SSSR count). The second-order valence-corrected chi connectivity index (χ2v) is 7.17. The molecule has 0 radical (unpaired) electrons. The molecular weight excluding hydrogens is 224 g/mol.